The van der Waals surface area contributed by atoms with Gasteiger partial charge in [0.15, 0.2) is 5.78 Å². The molecular formula is C14H14FNO. The fourth-order valence-corrected chi connectivity index (χ4v) is 1.71. The van der Waals surface area contributed by atoms with Crippen LogP contribution in [0.4, 0.5) is 4.39 Å². The molecular weight excluding hydrogens is 217 g/mol. The number of hydrogen-bond donors (Lipinski definition) is 0. The molecule has 17 heavy (non-hydrogen) atoms. The SMILES string of the molecule is CCC(=O)c1ccn(Cc2ccc(F)cc2)c1. The van der Waals surface area contributed by atoms with Gasteiger partial charge in [-0.3, -0.25) is 4.79 Å². The zero-order valence-corrected chi connectivity index (χ0v) is 9.69. The summed E-state index contributed by atoms with van der Waals surface area (Å²) < 4.78 is 14.7. The van der Waals surface area contributed by atoms with E-state index in [0.717, 1.165) is 11.1 Å². The Hall–Kier alpha value is -1.90. The molecule has 0 amide bonds. The van der Waals surface area contributed by atoms with E-state index in [4.69, 9.17) is 0 Å². The Balaban J connectivity index is 2.11. The van der Waals surface area contributed by atoms with Gasteiger partial charge < -0.3 is 4.57 Å². The summed E-state index contributed by atoms with van der Waals surface area (Å²) in [4.78, 5) is 11.5. The minimum Gasteiger partial charge on any atom is -0.349 e. The van der Waals surface area contributed by atoms with E-state index < -0.39 is 0 Å². The van der Waals surface area contributed by atoms with Crippen LogP contribution in [0.3, 0.4) is 0 Å². The molecule has 0 saturated heterocycles. The number of hydrogen-bond acceptors (Lipinski definition) is 1. The van der Waals surface area contributed by atoms with Crippen LogP contribution in [0.5, 0.6) is 0 Å². The van der Waals surface area contributed by atoms with Crippen LogP contribution in [0.1, 0.15) is 29.3 Å². The first-order chi connectivity index (χ1) is 8.19. The summed E-state index contributed by atoms with van der Waals surface area (Å²) in [5.74, 6) is -0.0917. The van der Waals surface area contributed by atoms with Gasteiger partial charge in [0.05, 0.1) is 0 Å². The van der Waals surface area contributed by atoms with Crippen molar-refractivity contribution in [3.8, 4) is 0 Å². The van der Waals surface area contributed by atoms with E-state index in [2.05, 4.69) is 0 Å². The summed E-state index contributed by atoms with van der Waals surface area (Å²) >= 11 is 0. The molecule has 0 aliphatic carbocycles. The first kappa shape index (κ1) is 11.6. The molecule has 0 spiro atoms. The molecule has 2 aromatic rings. The molecule has 3 heteroatoms. The Morgan fingerprint density at radius 1 is 1.24 bits per heavy atom. The summed E-state index contributed by atoms with van der Waals surface area (Å²) in [5.41, 5.74) is 1.74. The fraction of sp³-hybridized carbons (Fsp3) is 0.214. The third kappa shape index (κ3) is 2.81. The number of nitrogens with zero attached hydrogens (tertiary/aromatic N) is 1. The van der Waals surface area contributed by atoms with E-state index in [1.54, 1.807) is 12.1 Å². The lowest BCUT2D eigenvalue weighted by atomic mass is 10.2. The van der Waals surface area contributed by atoms with Crippen LogP contribution in [0.15, 0.2) is 42.7 Å². The second-order valence-electron chi connectivity index (χ2n) is 3.98. The molecule has 2 nitrogen and oxygen atoms in total. The molecule has 0 radical (unpaired) electrons. The van der Waals surface area contributed by atoms with Gasteiger partial charge in [-0.05, 0) is 23.8 Å². The monoisotopic (exact) mass is 231 g/mol. The Bertz CT molecular complexity index is 513. The number of ketones is 1. The number of carbonyl (C=O) groups excluding carboxylic acids is 1. The van der Waals surface area contributed by atoms with E-state index in [1.165, 1.54) is 12.1 Å². The molecule has 88 valence electrons. The standard InChI is InChI=1S/C14H14FNO/c1-2-14(17)12-7-8-16(10-12)9-11-3-5-13(15)6-4-11/h3-8,10H,2,9H2,1H3. The number of Topliss-reactive ketones (excluding diaryl/α,β-unsaturated/α-hetero) is 1. The van der Waals surface area contributed by atoms with E-state index in [-0.39, 0.29) is 11.6 Å². The van der Waals surface area contributed by atoms with E-state index in [0.29, 0.717) is 13.0 Å². The van der Waals surface area contributed by atoms with Crippen LogP contribution in [-0.2, 0) is 6.54 Å². The van der Waals surface area contributed by atoms with Gasteiger partial charge in [-0.15, -0.1) is 0 Å². The highest BCUT2D eigenvalue weighted by molar-refractivity contribution is 5.95. The van der Waals surface area contributed by atoms with Crippen molar-refractivity contribution in [3.63, 3.8) is 0 Å². The van der Waals surface area contributed by atoms with Crippen molar-refractivity contribution in [2.75, 3.05) is 0 Å². The van der Waals surface area contributed by atoms with E-state index in [1.807, 2.05) is 30.0 Å². The van der Waals surface area contributed by atoms with Gasteiger partial charge >= 0.3 is 0 Å². The van der Waals surface area contributed by atoms with E-state index >= 15 is 0 Å². The lowest BCUT2D eigenvalue weighted by Crippen LogP contribution is -1.98. The average Bonchev–Trinajstić information content (AvgIpc) is 2.80. The first-order valence-electron chi connectivity index (χ1n) is 5.62. The van der Waals surface area contributed by atoms with Crippen molar-refractivity contribution >= 4 is 5.78 Å². The quantitative estimate of drug-likeness (QED) is 0.740. The van der Waals surface area contributed by atoms with Crippen molar-refractivity contribution in [2.45, 2.75) is 19.9 Å². The summed E-state index contributed by atoms with van der Waals surface area (Å²) in [6, 6.07) is 8.19. The van der Waals surface area contributed by atoms with Gasteiger partial charge in [-0.2, -0.15) is 0 Å². The molecule has 0 unspecified atom stereocenters. The third-order valence-electron chi connectivity index (χ3n) is 2.67. The minimum atomic E-state index is -0.233. The number of carbonyl (C=O) groups is 1. The molecule has 2 rings (SSSR count). The highest BCUT2D eigenvalue weighted by Gasteiger charge is 2.04. The van der Waals surface area contributed by atoms with Crippen LogP contribution in [0.25, 0.3) is 0 Å². The van der Waals surface area contributed by atoms with Gasteiger partial charge in [0.25, 0.3) is 0 Å². The number of aromatic nitrogens is 1. The fourth-order valence-electron chi connectivity index (χ4n) is 1.71. The Kier molecular flexibility index (Phi) is 3.38. The van der Waals surface area contributed by atoms with Crippen molar-refractivity contribution in [1.82, 2.24) is 4.57 Å². The van der Waals surface area contributed by atoms with Crippen LogP contribution in [0.2, 0.25) is 0 Å². The van der Waals surface area contributed by atoms with Crippen LogP contribution in [0, 0.1) is 5.82 Å². The van der Waals surface area contributed by atoms with Gasteiger partial charge in [0, 0.05) is 30.9 Å². The lowest BCUT2D eigenvalue weighted by Gasteiger charge is -2.02. The van der Waals surface area contributed by atoms with Crippen molar-refractivity contribution in [2.24, 2.45) is 0 Å². The van der Waals surface area contributed by atoms with E-state index in [9.17, 15) is 9.18 Å². The highest BCUT2D eigenvalue weighted by Crippen LogP contribution is 2.09. The van der Waals surface area contributed by atoms with Gasteiger partial charge in [0.2, 0.25) is 0 Å². The van der Waals surface area contributed by atoms with Crippen LogP contribution < -0.4 is 0 Å². The molecule has 0 aliphatic heterocycles. The lowest BCUT2D eigenvalue weighted by molar-refractivity contribution is 0.0988. The Labute approximate surface area is 99.7 Å². The second-order valence-corrected chi connectivity index (χ2v) is 3.98. The molecule has 0 aliphatic rings. The maximum absolute atomic E-state index is 12.7. The molecule has 1 aromatic carbocycles. The third-order valence-corrected chi connectivity index (χ3v) is 2.67. The zero-order valence-electron chi connectivity index (χ0n) is 9.69. The molecule has 0 fully saturated rings. The maximum Gasteiger partial charge on any atom is 0.164 e. The highest BCUT2D eigenvalue weighted by atomic mass is 19.1. The number of benzene rings is 1. The van der Waals surface area contributed by atoms with Gasteiger partial charge in [-0.25, -0.2) is 4.39 Å². The summed E-state index contributed by atoms with van der Waals surface area (Å²) in [6.45, 7) is 2.50. The van der Waals surface area contributed by atoms with Crippen LogP contribution >= 0.6 is 0 Å². The summed E-state index contributed by atoms with van der Waals surface area (Å²) in [6.07, 6.45) is 4.21. The topological polar surface area (TPSA) is 22.0 Å². The smallest absolute Gasteiger partial charge is 0.164 e. The number of rotatable bonds is 4. The molecule has 0 atom stereocenters. The average molecular weight is 231 g/mol. The summed E-state index contributed by atoms with van der Waals surface area (Å²) in [5, 5.41) is 0. The van der Waals surface area contributed by atoms with Crippen LogP contribution in [-0.4, -0.2) is 10.4 Å². The van der Waals surface area contributed by atoms with Gasteiger partial charge in [-0.1, -0.05) is 19.1 Å². The Morgan fingerprint density at radius 3 is 2.59 bits per heavy atom. The normalized spacial score (nSPS) is 10.5. The molecule has 0 saturated carbocycles. The number of halogens is 1. The molecule has 0 N–H and O–H groups in total. The first-order valence-corrected chi connectivity index (χ1v) is 5.62. The van der Waals surface area contributed by atoms with Crippen molar-refractivity contribution in [1.29, 1.82) is 0 Å². The predicted octanol–water partition coefficient (Wildman–Crippen LogP) is 3.27. The predicted molar refractivity (Wildman–Crippen MR) is 64.6 cm³/mol. The zero-order chi connectivity index (χ0) is 12.3. The van der Waals surface area contributed by atoms with Crippen molar-refractivity contribution in [3.05, 3.63) is 59.7 Å². The Morgan fingerprint density at radius 2 is 1.94 bits per heavy atom. The largest absolute Gasteiger partial charge is 0.349 e. The second kappa shape index (κ2) is 4.95. The maximum atomic E-state index is 12.7. The minimum absolute atomic E-state index is 0.142. The molecule has 0 bridgehead atoms. The summed E-state index contributed by atoms with van der Waals surface area (Å²) in [7, 11) is 0. The van der Waals surface area contributed by atoms with Crippen molar-refractivity contribution < 1.29 is 9.18 Å². The molecule has 1 heterocycles. The van der Waals surface area contributed by atoms with Gasteiger partial charge in [0.1, 0.15) is 5.82 Å². The molecule has 1 aromatic heterocycles.